The van der Waals surface area contributed by atoms with Crippen LogP contribution in [0.2, 0.25) is 0 Å². The van der Waals surface area contributed by atoms with Gasteiger partial charge in [0.2, 0.25) is 0 Å². The van der Waals surface area contributed by atoms with Gasteiger partial charge in [0.1, 0.15) is 40.8 Å². The summed E-state index contributed by atoms with van der Waals surface area (Å²) in [4.78, 5) is 4.08. The average molecular weight is 454 g/mol. The highest BCUT2D eigenvalue weighted by molar-refractivity contribution is 5.61. The normalized spacial score (nSPS) is 14.2. The lowest BCUT2D eigenvalue weighted by Crippen LogP contribution is -2.36. The molecule has 3 N–H and O–H groups in total. The summed E-state index contributed by atoms with van der Waals surface area (Å²) in [6.45, 7) is 4.58. The van der Waals surface area contributed by atoms with Gasteiger partial charge in [-0.05, 0) is 18.6 Å². The largest absolute Gasteiger partial charge is 0.384 e. The molecule has 4 aromatic rings. The van der Waals surface area contributed by atoms with Gasteiger partial charge in [0.25, 0.3) is 0 Å². The van der Waals surface area contributed by atoms with Crippen LogP contribution in [0.4, 0.5) is 8.78 Å². The number of hydrogen-bond donors (Lipinski definition) is 3. The van der Waals surface area contributed by atoms with E-state index in [1.54, 1.807) is 6.92 Å². The molecule has 2 atom stereocenters. The minimum absolute atomic E-state index is 0.0209. The molecule has 2 aromatic heterocycles. The maximum absolute atomic E-state index is 14.8. The van der Waals surface area contributed by atoms with Crippen LogP contribution >= 0.6 is 0 Å². The van der Waals surface area contributed by atoms with Crippen molar-refractivity contribution in [1.29, 1.82) is 0 Å². The lowest BCUT2D eigenvalue weighted by atomic mass is 9.75. The number of halogens is 2. The Morgan fingerprint density at radius 1 is 1.12 bits per heavy atom. The van der Waals surface area contributed by atoms with Crippen LogP contribution in [0.15, 0.2) is 48.8 Å². The molecule has 2 heterocycles. The van der Waals surface area contributed by atoms with E-state index in [2.05, 4.69) is 30.6 Å². The van der Waals surface area contributed by atoms with Crippen molar-refractivity contribution >= 4 is 0 Å². The molecular weight excluding hydrogens is 430 g/mol. The number of nitrogens with one attached hydrogen (secondary N) is 2. The minimum Gasteiger partial charge on any atom is -0.384 e. The van der Waals surface area contributed by atoms with Gasteiger partial charge in [-0.15, -0.1) is 0 Å². The summed E-state index contributed by atoms with van der Waals surface area (Å²) >= 11 is 0. The summed E-state index contributed by atoms with van der Waals surface area (Å²) < 4.78 is 33.8. The molecule has 2 aromatic carbocycles. The van der Waals surface area contributed by atoms with Crippen molar-refractivity contribution in [1.82, 2.24) is 30.6 Å². The van der Waals surface area contributed by atoms with Crippen LogP contribution in [0, 0.1) is 11.6 Å². The molecule has 0 saturated carbocycles. The fourth-order valence-electron chi connectivity index (χ4n) is 3.88. The molecule has 0 saturated heterocycles. The molecule has 33 heavy (non-hydrogen) atoms. The van der Waals surface area contributed by atoms with Crippen LogP contribution in [0.3, 0.4) is 0 Å². The van der Waals surface area contributed by atoms with Gasteiger partial charge < -0.3 is 9.84 Å². The third-order valence-corrected chi connectivity index (χ3v) is 5.76. The fourth-order valence-corrected chi connectivity index (χ4v) is 3.88. The van der Waals surface area contributed by atoms with Crippen molar-refractivity contribution in [2.75, 3.05) is 6.61 Å². The van der Waals surface area contributed by atoms with E-state index < -0.39 is 23.2 Å². The van der Waals surface area contributed by atoms with Crippen LogP contribution < -0.4 is 0 Å². The van der Waals surface area contributed by atoms with Crippen LogP contribution in [0.1, 0.15) is 42.4 Å². The van der Waals surface area contributed by atoms with E-state index >= 15 is 0 Å². The van der Waals surface area contributed by atoms with E-state index in [1.807, 2.05) is 31.2 Å². The third-order valence-electron chi connectivity index (χ3n) is 5.76. The molecule has 0 aliphatic rings. The summed E-state index contributed by atoms with van der Waals surface area (Å²) in [7, 11) is 0. The van der Waals surface area contributed by atoms with E-state index in [-0.39, 0.29) is 12.0 Å². The van der Waals surface area contributed by atoms with Crippen LogP contribution in [0.25, 0.3) is 11.3 Å². The Morgan fingerprint density at radius 3 is 2.58 bits per heavy atom. The first-order valence-electron chi connectivity index (χ1n) is 10.5. The topological polar surface area (TPSA) is 113 Å². The Balaban J connectivity index is 1.68. The zero-order valence-electron chi connectivity index (χ0n) is 18.2. The number of aromatic nitrogens is 6. The first-order chi connectivity index (χ1) is 15.9. The monoisotopic (exact) mass is 454 g/mol. The lowest BCUT2D eigenvalue weighted by Gasteiger charge is -2.35. The Bertz CT molecular complexity index is 1200. The molecule has 172 valence electrons. The van der Waals surface area contributed by atoms with E-state index in [0.717, 1.165) is 23.3 Å². The zero-order chi connectivity index (χ0) is 23.4. The van der Waals surface area contributed by atoms with Crippen molar-refractivity contribution in [3.8, 4) is 11.3 Å². The predicted molar refractivity (Wildman–Crippen MR) is 116 cm³/mol. The first-order valence-corrected chi connectivity index (χ1v) is 10.5. The van der Waals surface area contributed by atoms with Crippen molar-refractivity contribution in [3.05, 3.63) is 83.1 Å². The van der Waals surface area contributed by atoms with Gasteiger partial charge in [-0.1, -0.05) is 37.3 Å². The Kier molecular flexibility index (Phi) is 6.57. The van der Waals surface area contributed by atoms with Crippen molar-refractivity contribution < 1.29 is 18.6 Å². The number of rotatable bonds is 9. The molecule has 0 bridgehead atoms. The molecule has 8 nitrogen and oxygen atoms in total. The predicted octanol–water partition coefficient (Wildman–Crippen LogP) is 3.64. The number of aliphatic hydroxyl groups is 1. The molecule has 0 aliphatic carbocycles. The molecule has 10 heteroatoms. The number of aromatic amines is 2. The third kappa shape index (κ3) is 4.67. The van der Waals surface area contributed by atoms with Crippen LogP contribution in [-0.2, 0) is 23.4 Å². The van der Waals surface area contributed by atoms with Crippen molar-refractivity contribution in [2.45, 2.75) is 38.4 Å². The van der Waals surface area contributed by atoms with Gasteiger partial charge in [0, 0.05) is 36.1 Å². The van der Waals surface area contributed by atoms with Gasteiger partial charge in [-0.25, -0.2) is 13.8 Å². The van der Waals surface area contributed by atoms with E-state index in [0.29, 0.717) is 30.4 Å². The SMILES string of the molecule is CCOCc1n[nH]nc1-c1ccc([C@@H](C)[C@@](O)(Cc2ncn[nH]2)c2ccc(F)cc2F)cc1. The summed E-state index contributed by atoms with van der Waals surface area (Å²) in [5.74, 6) is -1.74. The van der Waals surface area contributed by atoms with E-state index in [1.165, 1.54) is 12.4 Å². The number of benzene rings is 2. The standard InChI is InChI=1S/C23H24F2N6O2/c1-3-33-12-20-22(30-31-28-20)16-6-4-15(5-7-16)14(2)23(32,11-21-26-13-27-29-21)18-9-8-17(24)10-19(18)25/h4-10,13-14,32H,3,11-12H2,1-2H3,(H,26,27,29)(H,28,30,31)/t14-,23+/m1/s1. The van der Waals surface area contributed by atoms with Gasteiger partial charge in [0.15, 0.2) is 0 Å². The number of hydrogen-bond acceptors (Lipinski definition) is 6. The number of ether oxygens (including phenoxy) is 1. The van der Waals surface area contributed by atoms with Crippen molar-refractivity contribution in [2.24, 2.45) is 0 Å². The molecular formula is C23H24F2N6O2. The molecule has 0 amide bonds. The maximum atomic E-state index is 14.8. The van der Waals surface area contributed by atoms with Gasteiger partial charge in [-0.2, -0.15) is 20.5 Å². The highest BCUT2D eigenvalue weighted by atomic mass is 19.1. The summed E-state index contributed by atoms with van der Waals surface area (Å²) in [6, 6.07) is 10.5. The second-order valence-electron chi connectivity index (χ2n) is 7.76. The highest BCUT2D eigenvalue weighted by Crippen LogP contribution is 2.41. The second-order valence-corrected chi connectivity index (χ2v) is 7.76. The quantitative estimate of drug-likeness (QED) is 0.356. The smallest absolute Gasteiger partial charge is 0.137 e. The second kappa shape index (κ2) is 9.55. The number of H-pyrrole nitrogens is 2. The molecule has 0 spiro atoms. The Labute approximate surface area is 189 Å². The lowest BCUT2D eigenvalue weighted by molar-refractivity contribution is 0.00742. The summed E-state index contributed by atoms with van der Waals surface area (Å²) in [5.41, 5.74) is 1.19. The average Bonchev–Trinajstić information content (AvgIpc) is 3.49. The molecule has 4 rings (SSSR count). The summed E-state index contributed by atoms with van der Waals surface area (Å²) in [5, 5.41) is 29.2. The van der Waals surface area contributed by atoms with E-state index in [4.69, 9.17) is 4.74 Å². The maximum Gasteiger partial charge on any atom is 0.137 e. The Morgan fingerprint density at radius 2 is 1.91 bits per heavy atom. The van der Waals surface area contributed by atoms with E-state index in [9.17, 15) is 13.9 Å². The molecule has 0 fully saturated rings. The zero-order valence-corrected chi connectivity index (χ0v) is 18.2. The van der Waals surface area contributed by atoms with Crippen molar-refractivity contribution in [3.63, 3.8) is 0 Å². The van der Waals surface area contributed by atoms with Gasteiger partial charge >= 0.3 is 0 Å². The van der Waals surface area contributed by atoms with Crippen LogP contribution in [-0.4, -0.2) is 42.3 Å². The molecule has 0 unspecified atom stereocenters. The van der Waals surface area contributed by atoms with Crippen LogP contribution in [0.5, 0.6) is 0 Å². The molecule has 0 aliphatic heterocycles. The van der Waals surface area contributed by atoms with Gasteiger partial charge in [0.05, 0.1) is 6.61 Å². The minimum atomic E-state index is -1.72. The summed E-state index contributed by atoms with van der Waals surface area (Å²) in [6.07, 6.45) is 1.27. The highest BCUT2D eigenvalue weighted by Gasteiger charge is 2.40. The fraction of sp³-hybridized carbons (Fsp3) is 0.304. The Hall–Kier alpha value is -3.50. The first kappa shape index (κ1) is 22.7. The number of nitrogens with zero attached hydrogens (tertiary/aromatic N) is 4. The van der Waals surface area contributed by atoms with Gasteiger partial charge in [-0.3, -0.25) is 5.10 Å². The molecule has 0 radical (unpaired) electrons.